The molecular weight excluding hydrogens is 639 g/mol. The maximum atomic E-state index is 7.32. The molecule has 314 valence electrons. The van der Waals surface area contributed by atoms with E-state index in [4.69, 9.17) is 5.26 Å². The van der Waals surface area contributed by atoms with Gasteiger partial charge in [-0.15, -0.1) is 25.5 Å². The van der Waals surface area contributed by atoms with Crippen LogP contribution >= 0.6 is 0 Å². The van der Waals surface area contributed by atoms with Crippen molar-refractivity contribution < 1.29 is 0 Å². The Morgan fingerprint density at radius 3 is 1.57 bits per heavy atom. The summed E-state index contributed by atoms with van der Waals surface area (Å²) in [5.41, 5.74) is 8.86. The van der Waals surface area contributed by atoms with Crippen molar-refractivity contribution in [3.05, 3.63) is 92.3 Å². The highest BCUT2D eigenvalue weighted by molar-refractivity contribution is 5.22. The van der Waals surface area contributed by atoms with Crippen molar-refractivity contribution in [2.45, 2.75) is 220 Å². The summed E-state index contributed by atoms with van der Waals surface area (Å²) in [6.45, 7) is 60.4. The smallest absolute Gasteiger partial charge is 0.0587 e. The van der Waals surface area contributed by atoms with Crippen LogP contribution in [-0.4, -0.2) is 0 Å². The van der Waals surface area contributed by atoms with Crippen LogP contribution in [0.15, 0.2) is 92.3 Å². The molecule has 0 radical (unpaired) electrons. The van der Waals surface area contributed by atoms with Crippen molar-refractivity contribution in [3.8, 4) is 6.07 Å². The van der Waals surface area contributed by atoms with Crippen molar-refractivity contribution in [2.24, 2.45) is 16.7 Å². The predicted molar refractivity (Wildman–Crippen MR) is 255 cm³/mol. The molecule has 1 aliphatic rings. The van der Waals surface area contributed by atoms with Gasteiger partial charge in [0.1, 0.15) is 0 Å². The molecule has 1 nitrogen and oxygen atoms in total. The lowest BCUT2D eigenvalue weighted by atomic mass is 9.74. The van der Waals surface area contributed by atoms with Crippen LogP contribution in [0.25, 0.3) is 0 Å². The van der Waals surface area contributed by atoms with Gasteiger partial charge in [0.25, 0.3) is 0 Å². The van der Waals surface area contributed by atoms with Gasteiger partial charge in [-0.1, -0.05) is 203 Å². The SMILES string of the molecule is C=C.C=C(C)C(=C)CC(C)CCC.C=C=CC(=C)CC.C=CC.CC.CC#N.CC(C)(C)C.CCC1(C)CCCCC1.CCC=C(C)CCCCCC. The monoisotopic (exact) mass is 740 g/mol. The molecule has 0 aromatic carbocycles. The van der Waals surface area contributed by atoms with E-state index >= 15 is 0 Å². The van der Waals surface area contributed by atoms with Gasteiger partial charge >= 0.3 is 0 Å². The summed E-state index contributed by atoms with van der Waals surface area (Å²) in [4.78, 5) is 0. The molecule has 0 aromatic heterocycles. The lowest BCUT2D eigenvalue weighted by Crippen LogP contribution is -2.18. The quantitative estimate of drug-likeness (QED) is 0.0753. The topological polar surface area (TPSA) is 23.8 Å². The van der Waals surface area contributed by atoms with Crippen LogP contribution in [0.1, 0.15) is 220 Å². The molecule has 0 amide bonds. The summed E-state index contributed by atoms with van der Waals surface area (Å²) in [5, 5.41) is 7.32. The minimum absolute atomic E-state index is 0.500. The van der Waals surface area contributed by atoms with Crippen LogP contribution in [0, 0.1) is 28.1 Å². The first kappa shape index (κ1) is 68.5. The number of nitrogens with zero attached hydrogens (tertiary/aromatic N) is 1. The summed E-state index contributed by atoms with van der Waals surface area (Å²) in [6.07, 6.45) is 27.4. The lowest BCUT2D eigenvalue weighted by molar-refractivity contribution is 0.208. The molecule has 0 saturated heterocycles. The second kappa shape index (κ2) is 56.2. The van der Waals surface area contributed by atoms with Crippen molar-refractivity contribution in [2.75, 3.05) is 0 Å². The second-order valence-electron chi connectivity index (χ2n) is 15.5. The maximum Gasteiger partial charge on any atom is 0.0587 e. The van der Waals surface area contributed by atoms with E-state index in [1.54, 1.807) is 23.8 Å². The van der Waals surface area contributed by atoms with Gasteiger partial charge in [-0.3, -0.25) is 0 Å². The zero-order valence-corrected chi connectivity index (χ0v) is 40.0. The summed E-state index contributed by atoms with van der Waals surface area (Å²) < 4.78 is 0. The van der Waals surface area contributed by atoms with Gasteiger partial charge in [0.2, 0.25) is 0 Å². The Kier molecular flexibility index (Phi) is 72.6. The molecule has 1 unspecified atom stereocenters. The number of nitriles is 1. The molecule has 0 heterocycles. The highest BCUT2D eigenvalue weighted by Crippen LogP contribution is 2.38. The number of hydrogen-bond donors (Lipinski definition) is 0. The molecule has 53 heavy (non-hydrogen) atoms. The molecule has 1 aliphatic carbocycles. The summed E-state index contributed by atoms with van der Waals surface area (Å²) in [5.74, 6) is 0.768. The molecule has 0 N–H and O–H groups in total. The van der Waals surface area contributed by atoms with Gasteiger partial charge in [0.05, 0.1) is 6.07 Å². The first-order valence-electron chi connectivity index (χ1n) is 21.2. The number of unbranched alkanes of at least 4 members (excludes halogenated alkanes) is 3. The van der Waals surface area contributed by atoms with Gasteiger partial charge in [0.15, 0.2) is 0 Å². The largest absolute Gasteiger partial charge is 0.199 e. The van der Waals surface area contributed by atoms with Crippen LogP contribution < -0.4 is 0 Å². The van der Waals surface area contributed by atoms with Gasteiger partial charge in [-0.25, -0.2) is 0 Å². The Morgan fingerprint density at radius 1 is 0.868 bits per heavy atom. The molecule has 1 atom stereocenters. The lowest BCUT2D eigenvalue weighted by Gasteiger charge is -2.32. The zero-order valence-electron chi connectivity index (χ0n) is 40.0. The molecule has 1 fully saturated rings. The average molecular weight is 740 g/mol. The first-order chi connectivity index (χ1) is 24.8. The fourth-order valence-corrected chi connectivity index (χ4v) is 4.48. The Labute approximate surface area is 339 Å². The van der Waals surface area contributed by atoms with Crippen LogP contribution in [0.2, 0.25) is 0 Å². The Balaban J connectivity index is -0.0000000760. The van der Waals surface area contributed by atoms with Crippen molar-refractivity contribution >= 4 is 0 Å². The average Bonchev–Trinajstić information content (AvgIpc) is 3.10. The normalized spacial score (nSPS) is 12.2. The minimum atomic E-state index is 0.500. The third kappa shape index (κ3) is 88.6. The molecule has 1 saturated carbocycles. The van der Waals surface area contributed by atoms with E-state index in [1.165, 1.54) is 102 Å². The molecule has 0 aliphatic heterocycles. The van der Waals surface area contributed by atoms with E-state index in [0.29, 0.717) is 5.41 Å². The highest BCUT2D eigenvalue weighted by Gasteiger charge is 2.23. The zero-order chi connectivity index (χ0) is 43.7. The number of hydrogen-bond acceptors (Lipinski definition) is 1. The van der Waals surface area contributed by atoms with E-state index in [0.717, 1.165) is 35.3 Å². The molecule has 0 bridgehead atoms. The maximum absolute atomic E-state index is 7.32. The third-order valence-electron chi connectivity index (χ3n) is 7.63. The predicted octanol–water partition coefficient (Wildman–Crippen LogP) is 19.5. The van der Waals surface area contributed by atoms with Crippen molar-refractivity contribution in [3.63, 3.8) is 0 Å². The molecule has 0 aromatic rings. The van der Waals surface area contributed by atoms with E-state index in [2.05, 4.69) is 141 Å². The van der Waals surface area contributed by atoms with Gasteiger partial charge < -0.3 is 0 Å². The van der Waals surface area contributed by atoms with Gasteiger partial charge in [0, 0.05) is 6.92 Å². The van der Waals surface area contributed by atoms with Crippen LogP contribution in [0.3, 0.4) is 0 Å². The van der Waals surface area contributed by atoms with E-state index in [-0.39, 0.29) is 0 Å². The summed E-state index contributed by atoms with van der Waals surface area (Å²) in [7, 11) is 0. The van der Waals surface area contributed by atoms with E-state index < -0.39 is 0 Å². The second-order valence-corrected chi connectivity index (χ2v) is 15.5. The number of allylic oxidation sites excluding steroid dienone is 7. The van der Waals surface area contributed by atoms with Crippen molar-refractivity contribution in [1.29, 1.82) is 5.26 Å². The van der Waals surface area contributed by atoms with E-state index in [1.807, 2.05) is 27.7 Å². The number of rotatable bonds is 14. The summed E-state index contributed by atoms with van der Waals surface area (Å²) >= 11 is 0. The van der Waals surface area contributed by atoms with Crippen LogP contribution in [0.4, 0.5) is 0 Å². The molecule has 1 rings (SSSR count). The van der Waals surface area contributed by atoms with Crippen LogP contribution in [-0.2, 0) is 0 Å². The Bertz CT molecular complexity index is 878. The molecular formula is C52H101N. The van der Waals surface area contributed by atoms with Gasteiger partial charge in [-0.05, 0) is 94.1 Å². The van der Waals surface area contributed by atoms with Gasteiger partial charge in [-0.2, -0.15) is 5.26 Å². The minimum Gasteiger partial charge on any atom is -0.199 e. The first-order valence-corrected chi connectivity index (χ1v) is 21.2. The van der Waals surface area contributed by atoms with Crippen molar-refractivity contribution in [1.82, 2.24) is 0 Å². The fraction of sp³-hybridized carbons (Fsp3) is 0.692. The van der Waals surface area contributed by atoms with Crippen LogP contribution in [0.5, 0.6) is 0 Å². The highest BCUT2D eigenvalue weighted by atomic mass is 14.3. The standard InChI is InChI=1S/C11H20.C11H22.C9H18.C7H10.C5H12.C3H6.C2H3N.C2H6.C2H4/c1-6-7-10(4)8-11(5)9(2)3;1-4-6-7-8-10-11(3)9-5-2;1-3-9(2)7-5-4-6-8-9;1-4-6-7(3)5-2;1-5(2,3)4;1-3-2;1-2-3;2*1-2/h10H,2,5-8H2,1,3-4H3;9H,4-8,10H2,1-3H3;3-8H2,1-2H3;6H,1,3,5H2,2H3;1-4H3;3H,1H2,2H3;1H3;1-2H3;1-2H2. The third-order valence-corrected chi connectivity index (χ3v) is 7.63. The fourth-order valence-electron chi connectivity index (χ4n) is 4.48. The Hall–Kier alpha value is -2.55. The Morgan fingerprint density at radius 2 is 1.30 bits per heavy atom. The summed E-state index contributed by atoms with van der Waals surface area (Å²) in [6, 6.07) is 1.75. The molecule has 0 spiro atoms. The molecule has 1 heteroatoms. The van der Waals surface area contributed by atoms with E-state index in [9.17, 15) is 0 Å².